The molecule has 0 bridgehead atoms. The van der Waals surface area contributed by atoms with Crippen molar-refractivity contribution < 1.29 is 14.7 Å². The number of nitrogens with one attached hydrogen (secondary N) is 1. The van der Waals surface area contributed by atoms with Gasteiger partial charge in [0.15, 0.2) is 0 Å². The van der Waals surface area contributed by atoms with E-state index in [-0.39, 0.29) is 12.4 Å². The average Bonchev–Trinajstić information content (AvgIpc) is 2.69. The number of aryl methyl sites for hydroxylation is 1. The highest BCUT2D eigenvalue weighted by molar-refractivity contribution is 7.20. The maximum atomic E-state index is 11.8. The molecule has 6 heteroatoms. The normalized spacial score (nSPS) is 9.30. The second kappa shape index (κ2) is 8.35. The predicted octanol–water partition coefficient (Wildman–Crippen LogP) is 3.59. The molecular formula is C14H14ClNO3S. The minimum Gasteiger partial charge on any atom is -0.483 e. The van der Waals surface area contributed by atoms with Gasteiger partial charge in [-0.25, -0.2) is 0 Å². The molecule has 0 unspecified atom stereocenters. The molecule has 1 heterocycles. The van der Waals surface area contributed by atoms with E-state index in [1.165, 1.54) is 11.3 Å². The van der Waals surface area contributed by atoms with Crippen LogP contribution in [0, 0.1) is 6.92 Å². The lowest BCUT2D eigenvalue weighted by molar-refractivity contribution is -0.123. The molecule has 0 aliphatic heterocycles. The predicted molar refractivity (Wildman–Crippen MR) is 81.5 cm³/mol. The number of halogens is 1. The molecule has 2 rings (SSSR count). The van der Waals surface area contributed by atoms with Crippen molar-refractivity contribution in [1.82, 2.24) is 0 Å². The number of carbonyl (C=O) groups excluding carboxylic acids is 1. The minimum atomic E-state index is -0.250. The first-order valence-electron chi connectivity index (χ1n) is 5.74. The van der Waals surface area contributed by atoms with Gasteiger partial charge in [-0.05, 0) is 24.1 Å². The van der Waals surface area contributed by atoms with Gasteiger partial charge in [0.2, 0.25) is 5.91 Å². The molecule has 0 fully saturated rings. The molecule has 0 radical (unpaired) electrons. The summed E-state index contributed by atoms with van der Waals surface area (Å²) in [6.07, 6.45) is 0.385. The van der Waals surface area contributed by atoms with Gasteiger partial charge in [0.05, 0.1) is 15.8 Å². The molecule has 0 atom stereocenters. The quantitative estimate of drug-likeness (QED) is 0.851. The molecule has 0 saturated heterocycles. The van der Waals surface area contributed by atoms with Gasteiger partial charge in [-0.3, -0.25) is 9.59 Å². The van der Waals surface area contributed by atoms with Crippen LogP contribution in [0.15, 0.2) is 36.4 Å². The molecule has 2 N–H and O–H groups in total. The summed E-state index contributed by atoms with van der Waals surface area (Å²) in [6.45, 7) is 1.68. The zero-order valence-electron chi connectivity index (χ0n) is 10.8. The van der Waals surface area contributed by atoms with Gasteiger partial charge in [0.25, 0.3) is 6.47 Å². The van der Waals surface area contributed by atoms with E-state index < -0.39 is 0 Å². The summed E-state index contributed by atoms with van der Waals surface area (Å²) < 4.78 is 0.692. The van der Waals surface area contributed by atoms with E-state index in [1.54, 1.807) is 0 Å². The van der Waals surface area contributed by atoms with Crippen LogP contribution in [0.2, 0.25) is 4.34 Å². The zero-order valence-corrected chi connectivity index (χ0v) is 12.4. The maximum absolute atomic E-state index is 11.8. The Morgan fingerprint density at radius 2 is 2.00 bits per heavy atom. The number of benzene rings is 1. The van der Waals surface area contributed by atoms with E-state index >= 15 is 0 Å². The second-order valence-electron chi connectivity index (χ2n) is 3.88. The van der Waals surface area contributed by atoms with Crippen LogP contribution in [0.1, 0.15) is 11.1 Å². The summed E-state index contributed by atoms with van der Waals surface area (Å²) in [4.78, 5) is 20.2. The van der Waals surface area contributed by atoms with Crippen LogP contribution in [0.25, 0.3) is 0 Å². The van der Waals surface area contributed by atoms with E-state index in [2.05, 4.69) is 5.32 Å². The highest BCUT2D eigenvalue weighted by Gasteiger charge is 2.08. The fourth-order valence-corrected chi connectivity index (χ4v) is 2.73. The van der Waals surface area contributed by atoms with E-state index in [0.717, 1.165) is 16.1 Å². The van der Waals surface area contributed by atoms with Crippen molar-refractivity contribution in [3.05, 3.63) is 51.9 Å². The molecule has 4 nitrogen and oxygen atoms in total. The standard InChI is InChI=1S/C13H12ClNOS.CH2O2/c1-9-7-11(14)17-13(9)15-12(16)8-10-5-3-2-4-6-10;2-1-3/h2-7H,8H2,1H3,(H,15,16);1H,(H,2,3). The van der Waals surface area contributed by atoms with Crippen molar-refractivity contribution in [2.45, 2.75) is 13.3 Å². The van der Waals surface area contributed by atoms with E-state index in [9.17, 15) is 4.79 Å². The highest BCUT2D eigenvalue weighted by atomic mass is 35.5. The molecule has 1 aromatic carbocycles. The summed E-state index contributed by atoms with van der Waals surface area (Å²) in [7, 11) is 0. The zero-order chi connectivity index (χ0) is 15.0. The summed E-state index contributed by atoms with van der Waals surface area (Å²) in [6, 6.07) is 11.5. The van der Waals surface area contributed by atoms with Gasteiger partial charge >= 0.3 is 0 Å². The molecule has 0 saturated carbocycles. The lowest BCUT2D eigenvalue weighted by Gasteiger charge is -2.03. The van der Waals surface area contributed by atoms with Crippen LogP contribution in [-0.4, -0.2) is 17.5 Å². The molecule has 106 valence electrons. The van der Waals surface area contributed by atoms with E-state index in [0.29, 0.717) is 10.8 Å². The SMILES string of the molecule is Cc1cc(Cl)sc1NC(=O)Cc1ccccc1.O=CO. The average molecular weight is 312 g/mol. The van der Waals surface area contributed by atoms with Crippen molar-refractivity contribution in [3.63, 3.8) is 0 Å². The maximum Gasteiger partial charge on any atom is 0.290 e. The first kappa shape index (κ1) is 16.2. The van der Waals surface area contributed by atoms with Crippen LogP contribution in [0.5, 0.6) is 0 Å². The molecular weight excluding hydrogens is 298 g/mol. The molecule has 1 amide bonds. The Hall–Kier alpha value is -1.85. The number of hydrogen-bond donors (Lipinski definition) is 2. The number of anilines is 1. The Balaban J connectivity index is 0.000000612. The number of thiophene rings is 1. The van der Waals surface area contributed by atoms with Crippen molar-refractivity contribution in [3.8, 4) is 0 Å². The molecule has 0 aliphatic carbocycles. The topological polar surface area (TPSA) is 66.4 Å². The van der Waals surface area contributed by atoms with Gasteiger partial charge in [0, 0.05) is 0 Å². The van der Waals surface area contributed by atoms with Crippen LogP contribution in [-0.2, 0) is 16.0 Å². The third-order valence-electron chi connectivity index (χ3n) is 2.35. The van der Waals surface area contributed by atoms with Gasteiger partial charge in [0.1, 0.15) is 0 Å². The van der Waals surface area contributed by atoms with Crippen LogP contribution in [0.3, 0.4) is 0 Å². The number of carbonyl (C=O) groups is 2. The van der Waals surface area contributed by atoms with Crippen molar-refractivity contribution in [2.24, 2.45) is 0 Å². The minimum absolute atomic E-state index is 0.0159. The fourth-order valence-electron chi connectivity index (χ4n) is 1.52. The number of rotatable bonds is 3. The summed E-state index contributed by atoms with van der Waals surface area (Å²) >= 11 is 7.26. The summed E-state index contributed by atoms with van der Waals surface area (Å²) in [5.74, 6) is -0.0159. The largest absolute Gasteiger partial charge is 0.483 e. The third kappa shape index (κ3) is 5.42. The van der Waals surface area contributed by atoms with Crippen molar-refractivity contribution in [1.29, 1.82) is 0 Å². The first-order chi connectivity index (χ1) is 9.56. The lowest BCUT2D eigenvalue weighted by atomic mass is 10.1. The van der Waals surface area contributed by atoms with Crippen LogP contribution >= 0.6 is 22.9 Å². The van der Waals surface area contributed by atoms with Crippen LogP contribution < -0.4 is 5.32 Å². The number of amides is 1. The second-order valence-corrected chi connectivity index (χ2v) is 5.56. The Labute approximate surface area is 126 Å². The molecule has 20 heavy (non-hydrogen) atoms. The Kier molecular flexibility index (Phi) is 6.76. The van der Waals surface area contributed by atoms with Gasteiger partial charge in [-0.15, -0.1) is 11.3 Å². The number of hydrogen-bond acceptors (Lipinski definition) is 3. The Morgan fingerprint density at radius 3 is 2.50 bits per heavy atom. The summed E-state index contributed by atoms with van der Waals surface area (Å²) in [5.41, 5.74) is 2.01. The van der Waals surface area contributed by atoms with E-state index in [1.807, 2.05) is 43.3 Å². The van der Waals surface area contributed by atoms with Crippen molar-refractivity contribution in [2.75, 3.05) is 5.32 Å². The Morgan fingerprint density at radius 1 is 1.40 bits per heavy atom. The van der Waals surface area contributed by atoms with Gasteiger partial charge < -0.3 is 10.4 Å². The first-order valence-corrected chi connectivity index (χ1v) is 6.93. The smallest absolute Gasteiger partial charge is 0.290 e. The van der Waals surface area contributed by atoms with Crippen molar-refractivity contribution >= 4 is 40.3 Å². The lowest BCUT2D eigenvalue weighted by Crippen LogP contribution is -2.13. The Bertz CT molecular complexity index is 569. The number of carboxylic acid groups (broad SMARTS) is 1. The molecule has 2 aromatic rings. The van der Waals surface area contributed by atoms with Crippen LogP contribution in [0.4, 0.5) is 5.00 Å². The van der Waals surface area contributed by atoms with E-state index in [4.69, 9.17) is 21.5 Å². The molecule has 0 aliphatic rings. The molecule has 1 aromatic heterocycles. The monoisotopic (exact) mass is 311 g/mol. The fraction of sp³-hybridized carbons (Fsp3) is 0.143. The van der Waals surface area contributed by atoms with Gasteiger partial charge in [-0.2, -0.15) is 0 Å². The highest BCUT2D eigenvalue weighted by Crippen LogP contribution is 2.30. The third-order valence-corrected chi connectivity index (χ3v) is 3.63. The summed E-state index contributed by atoms with van der Waals surface area (Å²) in [5, 5.41) is 10.6. The van der Waals surface area contributed by atoms with Gasteiger partial charge in [-0.1, -0.05) is 41.9 Å². The molecule has 0 spiro atoms.